The third kappa shape index (κ3) is 3.47. The lowest BCUT2D eigenvalue weighted by atomic mass is 10.3. The summed E-state index contributed by atoms with van der Waals surface area (Å²) in [5.41, 5.74) is 0. The van der Waals surface area contributed by atoms with Crippen LogP contribution < -0.4 is 19.5 Å². The van der Waals surface area contributed by atoms with Gasteiger partial charge in [0.15, 0.2) is 0 Å². The van der Waals surface area contributed by atoms with E-state index in [4.69, 9.17) is 14.2 Å². The van der Waals surface area contributed by atoms with Gasteiger partial charge < -0.3 is 19.5 Å². The van der Waals surface area contributed by atoms with Crippen LogP contribution in [0.1, 0.15) is 6.92 Å². The van der Waals surface area contributed by atoms with Gasteiger partial charge >= 0.3 is 12.0 Å². The molecule has 2 aromatic rings. The summed E-state index contributed by atoms with van der Waals surface area (Å²) in [5.74, 6) is 1.76. The van der Waals surface area contributed by atoms with Gasteiger partial charge in [-0.05, 0) is 31.2 Å². The van der Waals surface area contributed by atoms with Crippen molar-refractivity contribution < 1.29 is 14.2 Å². The van der Waals surface area contributed by atoms with Crippen LogP contribution in [0.25, 0.3) is 0 Å². The quantitative estimate of drug-likeness (QED) is 0.865. The molecule has 0 spiro atoms. The maximum atomic E-state index is 5.56. The number of anilines is 1. The zero-order valence-corrected chi connectivity index (χ0v) is 11.6. The molecule has 0 aliphatic rings. The number of nitrogens with one attached hydrogen (secondary N) is 1. The maximum Gasteiger partial charge on any atom is 0.330 e. The van der Waals surface area contributed by atoms with Crippen molar-refractivity contribution in [2.24, 2.45) is 0 Å². The summed E-state index contributed by atoms with van der Waals surface area (Å²) >= 11 is 0. The number of hydrogen-bond donors (Lipinski definition) is 1. The van der Waals surface area contributed by atoms with Crippen molar-refractivity contribution >= 4 is 5.95 Å². The van der Waals surface area contributed by atoms with E-state index in [1.807, 2.05) is 19.1 Å². The second-order valence-corrected chi connectivity index (χ2v) is 3.68. The predicted molar refractivity (Wildman–Crippen MR) is 73.6 cm³/mol. The number of hydrogen-bond acceptors (Lipinski definition) is 7. The fourth-order valence-corrected chi connectivity index (χ4v) is 1.46. The molecule has 0 aliphatic heterocycles. The maximum absolute atomic E-state index is 5.56. The minimum atomic E-state index is 0.158. The molecule has 106 valence electrons. The van der Waals surface area contributed by atoms with Crippen LogP contribution in [0.15, 0.2) is 24.3 Å². The van der Waals surface area contributed by atoms with Gasteiger partial charge in [-0.15, -0.1) is 4.98 Å². The first-order valence-corrected chi connectivity index (χ1v) is 6.13. The van der Waals surface area contributed by atoms with Crippen LogP contribution in [0.5, 0.6) is 23.5 Å². The zero-order chi connectivity index (χ0) is 14.4. The molecule has 20 heavy (non-hydrogen) atoms. The number of ether oxygens (including phenoxy) is 3. The second-order valence-electron chi connectivity index (χ2n) is 3.68. The molecule has 0 unspecified atom stereocenters. The monoisotopic (exact) mass is 276 g/mol. The molecule has 7 nitrogen and oxygen atoms in total. The summed E-state index contributed by atoms with van der Waals surface area (Å²) < 4.78 is 15.9. The van der Waals surface area contributed by atoms with E-state index in [0.717, 1.165) is 5.75 Å². The summed E-state index contributed by atoms with van der Waals surface area (Å²) in [6, 6.07) is 7.53. The molecule has 0 radical (unpaired) electrons. The van der Waals surface area contributed by atoms with E-state index in [2.05, 4.69) is 20.3 Å². The van der Waals surface area contributed by atoms with E-state index in [1.165, 1.54) is 7.11 Å². The molecule has 0 aliphatic carbocycles. The Labute approximate surface area is 116 Å². The second kappa shape index (κ2) is 6.55. The van der Waals surface area contributed by atoms with Crippen LogP contribution in [0.2, 0.25) is 0 Å². The summed E-state index contributed by atoms with van der Waals surface area (Å²) in [6.45, 7) is 2.55. The highest BCUT2D eigenvalue weighted by molar-refractivity contribution is 5.34. The van der Waals surface area contributed by atoms with Crippen LogP contribution in [-0.2, 0) is 0 Å². The Morgan fingerprint density at radius 2 is 1.65 bits per heavy atom. The molecule has 1 N–H and O–H groups in total. The molecular formula is C13H16N4O3. The van der Waals surface area contributed by atoms with E-state index in [-0.39, 0.29) is 12.0 Å². The fraction of sp³-hybridized carbons (Fsp3) is 0.308. The largest absolute Gasteiger partial charge is 0.494 e. The summed E-state index contributed by atoms with van der Waals surface area (Å²) in [7, 11) is 3.19. The highest BCUT2D eigenvalue weighted by atomic mass is 16.5. The first kappa shape index (κ1) is 13.9. The van der Waals surface area contributed by atoms with E-state index >= 15 is 0 Å². The van der Waals surface area contributed by atoms with Gasteiger partial charge in [-0.25, -0.2) is 0 Å². The summed E-state index contributed by atoms with van der Waals surface area (Å²) in [5, 5.41) is 2.81. The predicted octanol–water partition coefficient (Wildman–Crippen LogP) is 2.11. The molecule has 2 rings (SSSR count). The molecule has 0 bridgehead atoms. The van der Waals surface area contributed by atoms with E-state index in [0.29, 0.717) is 18.3 Å². The molecule has 1 aromatic carbocycles. The lowest BCUT2D eigenvalue weighted by Gasteiger charge is -2.07. The summed E-state index contributed by atoms with van der Waals surface area (Å²) in [6.07, 6.45) is 0. The lowest BCUT2D eigenvalue weighted by molar-refractivity contribution is 0.338. The molecule has 0 atom stereocenters. The average Bonchev–Trinajstić information content (AvgIpc) is 2.49. The van der Waals surface area contributed by atoms with Crippen LogP contribution in [0.4, 0.5) is 5.95 Å². The zero-order valence-electron chi connectivity index (χ0n) is 11.6. The van der Waals surface area contributed by atoms with Gasteiger partial charge in [-0.2, -0.15) is 9.97 Å². The van der Waals surface area contributed by atoms with Crippen molar-refractivity contribution in [1.82, 2.24) is 15.0 Å². The number of nitrogens with zero attached hydrogens (tertiary/aromatic N) is 3. The van der Waals surface area contributed by atoms with E-state index < -0.39 is 0 Å². The molecule has 1 aromatic heterocycles. The Balaban J connectivity index is 2.16. The Kier molecular flexibility index (Phi) is 4.54. The molecule has 0 fully saturated rings. The number of aromatic nitrogens is 3. The molecule has 7 heteroatoms. The molecule has 0 saturated heterocycles. The Hall–Kier alpha value is -2.57. The molecule has 1 heterocycles. The van der Waals surface area contributed by atoms with Gasteiger partial charge in [-0.3, -0.25) is 0 Å². The van der Waals surface area contributed by atoms with Crippen molar-refractivity contribution in [1.29, 1.82) is 0 Å². The molecule has 0 saturated carbocycles. The van der Waals surface area contributed by atoms with Crippen molar-refractivity contribution in [3.05, 3.63) is 24.3 Å². The van der Waals surface area contributed by atoms with Crippen LogP contribution in [0.3, 0.4) is 0 Å². The van der Waals surface area contributed by atoms with Gasteiger partial charge in [0.05, 0.1) is 13.7 Å². The van der Waals surface area contributed by atoms with Gasteiger partial charge in [0, 0.05) is 7.05 Å². The van der Waals surface area contributed by atoms with Crippen molar-refractivity contribution in [3.63, 3.8) is 0 Å². The SMILES string of the molecule is CCOc1ccc(Oc2nc(NC)nc(OC)n2)cc1. The number of rotatable bonds is 6. The standard InChI is InChI=1S/C13H16N4O3/c1-4-19-9-5-7-10(8-6-9)20-13-16-11(14-2)15-12(17-13)18-3/h5-8H,4H2,1-3H3,(H,14,15,16,17). The molecular weight excluding hydrogens is 260 g/mol. The third-order valence-electron chi connectivity index (χ3n) is 2.34. The number of benzene rings is 1. The van der Waals surface area contributed by atoms with Crippen LogP contribution >= 0.6 is 0 Å². The minimum Gasteiger partial charge on any atom is -0.494 e. The first-order chi connectivity index (χ1) is 9.75. The fourth-order valence-electron chi connectivity index (χ4n) is 1.46. The van der Waals surface area contributed by atoms with Gasteiger partial charge in [0.2, 0.25) is 5.95 Å². The minimum absolute atomic E-state index is 0.158. The smallest absolute Gasteiger partial charge is 0.330 e. The van der Waals surface area contributed by atoms with E-state index in [1.54, 1.807) is 19.2 Å². The third-order valence-corrected chi connectivity index (χ3v) is 2.34. The Morgan fingerprint density at radius 1 is 1.00 bits per heavy atom. The number of methoxy groups -OCH3 is 1. The van der Waals surface area contributed by atoms with Gasteiger partial charge in [-0.1, -0.05) is 0 Å². The average molecular weight is 276 g/mol. The first-order valence-electron chi connectivity index (χ1n) is 6.13. The van der Waals surface area contributed by atoms with E-state index in [9.17, 15) is 0 Å². The van der Waals surface area contributed by atoms with Crippen molar-refractivity contribution in [3.8, 4) is 23.5 Å². The lowest BCUT2D eigenvalue weighted by Crippen LogP contribution is -2.03. The Morgan fingerprint density at radius 3 is 2.25 bits per heavy atom. The normalized spacial score (nSPS) is 9.95. The van der Waals surface area contributed by atoms with Crippen LogP contribution in [0, 0.1) is 0 Å². The highest BCUT2D eigenvalue weighted by Crippen LogP contribution is 2.23. The Bertz CT molecular complexity index is 538. The topological polar surface area (TPSA) is 78.4 Å². The highest BCUT2D eigenvalue weighted by Gasteiger charge is 2.08. The van der Waals surface area contributed by atoms with Gasteiger partial charge in [0.25, 0.3) is 0 Å². The van der Waals surface area contributed by atoms with Crippen LogP contribution in [-0.4, -0.2) is 35.7 Å². The van der Waals surface area contributed by atoms with Gasteiger partial charge in [0.1, 0.15) is 11.5 Å². The van der Waals surface area contributed by atoms with Crippen molar-refractivity contribution in [2.45, 2.75) is 6.92 Å². The summed E-state index contributed by atoms with van der Waals surface area (Å²) in [4.78, 5) is 12.1. The van der Waals surface area contributed by atoms with Crippen molar-refractivity contribution in [2.75, 3.05) is 26.1 Å². The molecule has 0 amide bonds.